The Hall–Kier alpha value is -2.73. The van der Waals surface area contributed by atoms with Gasteiger partial charge in [0.1, 0.15) is 18.2 Å². The number of hydrogen-bond acceptors (Lipinski definition) is 8. The van der Waals surface area contributed by atoms with E-state index in [2.05, 4.69) is 15.2 Å². The zero-order chi connectivity index (χ0) is 26.9. The Balaban J connectivity index is 1.80. The van der Waals surface area contributed by atoms with Crippen LogP contribution in [0.3, 0.4) is 0 Å². The molecule has 1 aromatic heterocycles. The van der Waals surface area contributed by atoms with Crippen LogP contribution in [0.1, 0.15) is 16.7 Å². The number of likely N-dealkylation sites (N-methyl/N-ethyl adjacent to an activating group) is 3. The van der Waals surface area contributed by atoms with Crippen LogP contribution in [0.2, 0.25) is 0 Å². The molecule has 2 rings (SSSR count). The van der Waals surface area contributed by atoms with Crippen molar-refractivity contribution in [1.29, 1.82) is 0 Å². The molecule has 0 atom stereocenters. The molecule has 2 aromatic rings. The van der Waals surface area contributed by atoms with Crippen LogP contribution in [0.25, 0.3) is 0 Å². The Morgan fingerprint density at radius 1 is 1.06 bits per heavy atom. The minimum atomic E-state index is -3.71. The fraction of sp³-hybridized carbons (Fsp3) is 0.520. The number of aromatic nitrogens is 1. The monoisotopic (exact) mass is 521 g/mol. The Kier molecular flexibility index (Phi) is 11.1. The molecular formula is C25H39N5O5S. The van der Waals surface area contributed by atoms with Gasteiger partial charge in [-0.15, -0.1) is 0 Å². The maximum absolute atomic E-state index is 13.1. The number of benzene rings is 1. The lowest BCUT2D eigenvalue weighted by Crippen LogP contribution is -2.33. The van der Waals surface area contributed by atoms with Crippen LogP contribution in [0.5, 0.6) is 5.75 Å². The number of amides is 1. The van der Waals surface area contributed by atoms with Gasteiger partial charge in [-0.25, -0.2) is 13.4 Å². The van der Waals surface area contributed by atoms with E-state index in [1.165, 1.54) is 11.4 Å². The van der Waals surface area contributed by atoms with Crippen molar-refractivity contribution in [3.63, 3.8) is 0 Å². The van der Waals surface area contributed by atoms with Gasteiger partial charge in [0.2, 0.25) is 15.9 Å². The molecule has 1 N–H and O–H groups in total. The highest BCUT2D eigenvalue weighted by Gasteiger charge is 2.25. The van der Waals surface area contributed by atoms with Crippen LogP contribution < -0.4 is 10.1 Å². The lowest BCUT2D eigenvalue weighted by Gasteiger charge is -2.21. The van der Waals surface area contributed by atoms with Crippen molar-refractivity contribution in [1.82, 2.24) is 19.1 Å². The summed E-state index contributed by atoms with van der Waals surface area (Å²) in [4.78, 5) is 20.7. The Bertz CT molecular complexity index is 1080. The summed E-state index contributed by atoms with van der Waals surface area (Å²) in [6.07, 6.45) is 1.74. The van der Waals surface area contributed by atoms with Gasteiger partial charge in [-0.3, -0.25) is 4.79 Å². The molecule has 10 nitrogen and oxygen atoms in total. The topological polar surface area (TPSA) is 104 Å². The molecule has 0 bridgehead atoms. The highest BCUT2D eigenvalue weighted by molar-refractivity contribution is 7.89. The largest absolute Gasteiger partial charge is 0.497 e. The zero-order valence-electron chi connectivity index (χ0n) is 22.4. The number of nitrogens with one attached hydrogen (secondary N) is 1. The molecule has 0 aliphatic heterocycles. The van der Waals surface area contributed by atoms with E-state index in [0.717, 1.165) is 24.5 Å². The Morgan fingerprint density at radius 3 is 2.28 bits per heavy atom. The number of pyridine rings is 1. The summed E-state index contributed by atoms with van der Waals surface area (Å²) < 4.78 is 38.1. The second-order valence-corrected chi connectivity index (χ2v) is 11.0. The molecule has 1 amide bonds. The second-order valence-electron chi connectivity index (χ2n) is 9.00. The van der Waals surface area contributed by atoms with Gasteiger partial charge in [0.05, 0.1) is 18.6 Å². The minimum Gasteiger partial charge on any atom is -0.497 e. The number of carbonyl (C=O) groups is 1. The summed E-state index contributed by atoms with van der Waals surface area (Å²) in [6.45, 7) is 5.67. The standard InChI is InChI=1S/C25H39N5O5S/c1-19-14-22(34-7)15-20(2)25(19)36(32,33)30(6)12-13-35-18-24(31)29(5)17-21-8-9-23(27-16-21)26-10-11-28(3)4/h8-9,14-16H,10-13,17-18H2,1-7H3,(H,26,27). The van der Waals surface area contributed by atoms with E-state index >= 15 is 0 Å². The predicted molar refractivity (Wildman–Crippen MR) is 141 cm³/mol. The van der Waals surface area contributed by atoms with Crippen molar-refractivity contribution in [2.75, 3.05) is 73.5 Å². The average Bonchev–Trinajstić information content (AvgIpc) is 2.81. The molecule has 0 fully saturated rings. The van der Waals surface area contributed by atoms with Crippen LogP contribution >= 0.6 is 0 Å². The molecule has 0 aliphatic rings. The molecule has 0 unspecified atom stereocenters. The van der Waals surface area contributed by atoms with E-state index < -0.39 is 10.0 Å². The van der Waals surface area contributed by atoms with E-state index in [9.17, 15) is 13.2 Å². The molecule has 0 spiro atoms. The number of ether oxygens (including phenoxy) is 2. The average molecular weight is 522 g/mol. The highest BCUT2D eigenvalue weighted by atomic mass is 32.2. The first kappa shape index (κ1) is 29.5. The van der Waals surface area contributed by atoms with E-state index in [-0.39, 0.29) is 30.6 Å². The SMILES string of the molecule is COc1cc(C)c(S(=O)(=O)N(C)CCOCC(=O)N(C)Cc2ccc(NCCN(C)C)nc2)c(C)c1. The number of nitrogens with zero attached hydrogens (tertiary/aromatic N) is 4. The van der Waals surface area contributed by atoms with E-state index in [1.54, 1.807) is 51.2 Å². The summed E-state index contributed by atoms with van der Waals surface area (Å²) in [5.41, 5.74) is 2.13. The van der Waals surface area contributed by atoms with Gasteiger partial charge in [0.25, 0.3) is 0 Å². The van der Waals surface area contributed by atoms with Crippen molar-refractivity contribution in [2.24, 2.45) is 0 Å². The molecule has 0 saturated carbocycles. The molecule has 1 aromatic carbocycles. The number of carbonyl (C=O) groups excluding carboxylic acids is 1. The van der Waals surface area contributed by atoms with Gasteiger partial charge in [-0.2, -0.15) is 4.31 Å². The van der Waals surface area contributed by atoms with Crippen molar-refractivity contribution >= 4 is 21.7 Å². The quantitative estimate of drug-likeness (QED) is 0.377. The third-order valence-corrected chi connectivity index (χ3v) is 7.81. The van der Waals surface area contributed by atoms with Gasteiger partial charge < -0.3 is 24.6 Å². The summed E-state index contributed by atoms with van der Waals surface area (Å²) in [5.74, 6) is 1.20. The molecule has 0 aliphatic carbocycles. The second kappa shape index (κ2) is 13.5. The van der Waals surface area contributed by atoms with Gasteiger partial charge in [-0.1, -0.05) is 6.07 Å². The van der Waals surface area contributed by atoms with Crippen LogP contribution in [0.4, 0.5) is 5.82 Å². The predicted octanol–water partition coefficient (Wildman–Crippen LogP) is 1.98. The molecular weight excluding hydrogens is 482 g/mol. The van der Waals surface area contributed by atoms with Crippen LogP contribution in [0, 0.1) is 13.8 Å². The zero-order valence-corrected chi connectivity index (χ0v) is 23.2. The Morgan fingerprint density at radius 2 is 1.72 bits per heavy atom. The molecule has 200 valence electrons. The smallest absolute Gasteiger partial charge is 0.248 e. The van der Waals surface area contributed by atoms with Crippen molar-refractivity contribution < 1.29 is 22.7 Å². The number of hydrogen-bond donors (Lipinski definition) is 1. The first-order chi connectivity index (χ1) is 16.9. The number of anilines is 1. The highest BCUT2D eigenvalue weighted by Crippen LogP contribution is 2.27. The Labute approximate surface area is 215 Å². The third kappa shape index (κ3) is 8.44. The fourth-order valence-electron chi connectivity index (χ4n) is 3.57. The number of methoxy groups -OCH3 is 1. The van der Waals surface area contributed by atoms with Crippen LogP contribution in [-0.4, -0.2) is 102 Å². The van der Waals surface area contributed by atoms with Crippen molar-refractivity contribution in [3.05, 3.63) is 47.2 Å². The third-order valence-electron chi connectivity index (χ3n) is 5.65. The molecule has 0 radical (unpaired) electrons. The maximum atomic E-state index is 13.1. The maximum Gasteiger partial charge on any atom is 0.248 e. The molecule has 0 saturated heterocycles. The van der Waals surface area contributed by atoms with Crippen molar-refractivity contribution in [3.8, 4) is 5.75 Å². The summed E-state index contributed by atoms with van der Waals surface area (Å²) in [7, 11) is 5.06. The van der Waals surface area contributed by atoms with Gasteiger partial charge in [-0.05, 0) is 62.8 Å². The van der Waals surface area contributed by atoms with E-state index in [0.29, 0.717) is 23.4 Å². The van der Waals surface area contributed by atoms with Crippen molar-refractivity contribution in [2.45, 2.75) is 25.3 Å². The number of rotatable bonds is 14. The summed E-state index contributed by atoms with van der Waals surface area (Å²) in [6, 6.07) is 7.22. The lowest BCUT2D eigenvalue weighted by atomic mass is 10.1. The minimum absolute atomic E-state index is 0.0957. The van der Waals surface area contributed by atoms with Gasteiger partial charge >= 0.3 is 0 Å². The molecule has 36 heavy (non-hydrogen) atoms. The van der Waals surface area contributed by atoms with Crippen LogP contribution in [0.15, 0.2) is 35.4 Å². The van der Waals surface area contributed by atoms with Gasteiger partial charge in [0.15, 0.2) is 0 Å². The first-order valence-electron chi connectivity index (χ1n) is 11.7. The first-order valence-corrected chi connectivity index (χ1v) is 13.2. The summed E-state index contributed by atoms with van der Waals surface area (Å²) >= 11 is 0. The van der Waals surface area contributed by atoms with Crippen LogP contribution in [-0.2, 0) is 26.1 Å². The van der Waals surface area contributed by atoms with E-state index in [4.69, 9.17) is 9.47 Å². The molecule has 1 heterocycles. The number of sulfonamides is 1. The normalized spacial score (nSPS) is 11.7. The number of aryl methyl sites for hydroxylation is 2. The lowest BCUT2D eigenvalue weighted by molar-refractivity contribution is -0.135. The van der Waals surface area contributed by atoms with E-state index in [1.807, 2.05) is 26.2 Å². The summed E-state index contributed by atoms with van der Waals surface area (Å²) in [5, 5.41) is 3.25. The van der Waals surface area contributed by atoms with Gasteiger partial charge in [0, 0.05) is 46.5 Å². The molecule has 11 heteroatoms. The fourth-order valence-corrected chi connectivity index (χ4v) is 5.12.